The van der Waals surface area contributed by atoms with Crippen LogP contribution in [0, 0.1) is 0 Å². The molecule has 8 N–H and O–H groups in total. The third-order valence-electron chi connectivity index (χ3n) is 5.28. The molecule has 0 aromatic heterocycles. The Morgan fingerprint density at radius 1 is 0.645 bits per heavy atom. The summed E-state index contributed by atoms with van der Waals surface area (Å²) >= 11 is 0. The van der Waals surface area contributed by atoms with E-state index in [0.717, 1.165) is 0 Å². The quantitative estimate of drug-likeness (QED) is 0.190. The summed E-state index contributed by atoms with van der Waals surface area (Å²) in [6.07, 6.45) is -16.9. The lowest BCUT2D eigenvalue weighted by atomic mass is 9.99. The molecule has 0 bridgehead atoms. The third kappa shape index (κ3) is 5.22. The minimum Gasteiger partial charge on any atom is -0.394 e. The molecule has 2 aliphatic heterocycles. The second kappa shape index (κ2) is 10.6. The molecule has 3 rings (SSSR count). The summed E-state index contributed by atoms with van der Waals surface area (Å²) in [7, 11) is 0. The Kier molecular flexibility index (Phi) is 8.31. The molecule has 1 aromatic carbocycles. The van der Waals surface area contributed by atoms with Gasteiger partial charge in [0.05, 0.1) is 13.2 Å². The van der Waals surface area contributed by atoms with Crippen LogP contribution >= 0.6 is 0 Å². The number of benzene rings is 1. The number of aliphatic hydroxyl groups excluding tert-OH is 8. The molecule has 0 radical (unpaired) electrons. The highest BCUT2D eigenvalue weighted by Crippen LogP contribution is 2.32. The summed E-state index contributed by atoms with van der Waals surface area (Å²) < 4.78 is 22.0. The van der Waals surface area contributed by atoms with Gasteiger partial charge in [0.1, 0.15) is 48.8 Å². The van der Waals surface area contributed by atoms with Gasteiger partial charge in [-0.05, 0) is 0 Å². The van der Waals surface area contributed by atoms with Crippen LogP contribution in [0.15, 0.2) is 30.3 Å². The monoisotopic (exact) mass is 448 g/mol. The minimum atomic E-state index is -1.71. The third-order valence-corrected chi connectivity index (χ3v) is 5.28. The zero-order valence-corrected chi connectivity index (χ0v) is 16.4. The predicted octanol–water partition coefficient (Wildman–Crippen LogP) is -3.68. The number of aliphatic hydroxyl groups is 8. The average Bonchev–Trinajstić information content (AvgIpc) is 2.79. The molecule has 12 nitrogen and oxygen atoms in total. The van der Waals surface area contributed by atoms with E-state index < -0.39 is 80.9 Å². The van der Waals surface area contributed by atoms with Crippen molar-refractivity contribution in [1.29, 1.82) is 0 Å². The molecule has 0 amide bonds. The Bertz CT molecular complexity index is 635. The zero-order chi connectivity index (χ0) is 22.7. The number of ether oxygens (including phenoxy) is 4. The van der Waals surface area contributed by atoms with Crippen LogP contribution in [-0.2, 0) is 18.9 Å². The average molecular weight is 448 g/mol. The Labute approximate surface area is 177 Å². The molecular weight excluding hydrogens is 420 g/mol. The van der Waals surface area contributed by atoms with E-state index in [1.54, 1.807) is 30.3 Å². The highest BCUT2D eigenvalue weighted by atomic mass is 16.8. The van der Waals surface area contributed by atoms with Gasteiger partial charge in [0.2, 0.25) is 0 Å². The molecule has 0 aliphatic carbocycles. The lowest BCUT2D eigenvalue weighted by Gasteiger charge is -2.43. The largest absolute Gasteiger partial charge is 0.394 e. The van der Waals surface area contributed by atoms with Crippen LogP contribution in [0.3, 0.4) is 0 Å². The van der Waals surface area contributed by atoms with Crippen molar-refractivity contribution in [1.82, 2.24) is 0 Å². The maximum Gasteiger partial charge on any atom is 0.190 e. The first kappa shape index (κ1) is 24.4. The van der Waals surface area contributed by atoms with Crippen molar-refractivity contribution in [3.63, 3.8) is 0 Å². The molecule has 2 fully saturated rings. The second-order valence-electron chi connectivity index (χ2n) is 7.41. The smallest absolute Gasteiger partial charge is 0.190 e. The minimum absolute atomic E-state index is 0.372. The van der Waals surface area contributed by atoms with Gasteiger partial charge >= 0.3 is 0 Å². The molecule has 2 aliphatic rings. The van der Waals surface area contributed by atoms with Crippen LogP contribution < -0.4 is 0 Å². The molecule has 0 spiro atoms. The summed E-state index contributed by atoms with van der Waals surface area (Å²) in [5.74, 6) is 0. The molecule has 176 valence electrons. The molecule has 31 heavy (non-hydrogen) atoms. The number of rotatable bonds is 7. The van der Waals surface area contributed by atoms with Crippen LogP contribution in [0.1, 0.15) is 11.9 Å². The van der Waals surface area contributed by atoms with E-state index >= 15 is 0 Å². The summed E-state index contributed by atoms with van der Waals surface area (Å²) in [6.45, 7) is -1.32. The zero-order valence-electron chi connectivity index (χ0n) is 16.4. The van der Waals surface area contributed by atoms with Crippen LogP contribution in [0.2, 0.25) is 0 Å². The number of hydrogen-bond donors (Lipinski definition) is 8. The number of hydrogen-bond acceptors (Lipinski definition) is 12. The van der Waals surface area contributed by atoms with Crippen LogP contribution in [0.25, 0.3) is 0 Å². The fourth-order valence-electron chi connectivity index (χ4n) is 3.40. The Morgan fingerprint density at radius 2 is 1.06 bits per heavy atom. The van der Waals surface area contributed by atoms with Crippen molar-refractivity contribution in [2.45, 2.75) is 67.7 Å². The van der Waals surface area contributed by atoms with Crippen molar-refractivity contribution >= 4 is 0 Å². The summed E-state index contributed by atoms with van der Waals surface area (Å²) in [5, 5.41) is 79.0. The normalized spacial score (nSPS) is 42.3. The van der Waals surface area contributed by atoms with Gasteiger partial charge in [0, 0.05) is 5.56 Å². The fourth-order valence-corrected chi connectivity index (χ4v) is 3.40. The van der Waals surface area contributed by atoms with Crippen molar-refractivity contribution in [3.05, 3.63) is 35.9 Å². The van der Waals surface area contributed by atoms with Crippen molar-refractivity contribution in [2.75, 3.05) is 13.2 Å². The van der Waals surface area contributed by atoms with Crippen molar-refractivity contribution in [3.8, 4) is 0 Å². The molecule has 0 unspecified atom stereocenters. The van der Waals surface area contributed by atoms with E-state index in [1.807, 2.05) is 0 Å². The molecule has 12 heteroatoms. The van der Waals surface area contributed by atoms with Gasteiger partial charge in [0.15, 0.2) is 18.9 Å². The first-order valence-electron chi connectivity index (χ1n) is 9.75. The molecule has 2 saturated heterocycles. The standard InChI is InChI=1S/C19H28O12/c20-6-9-11(22)13(24)15(26)18(28-9)30-17(8-4-2-1-3-5-8)31-19-16(27)14(25)12(23)10(7-21)29-19/h1-5,9-27H,6-7H2/t9-,10-,11-,12-,13+,14+,15-,16-,18-,19-/m1/s1. The van der Waals surface area contributed by atoms with Gasteiger partial charge in [-0.3, -0.25) is 0 Å². The molecule has 1 aromatic rings. The van der Waals surface area contributed by atoms with E-state index in [1.165, 1.54) is 0 Å². The first-order valence-corrected chi connectivity index (χ1v) is 9.75. The van der Waals surface area contributed by atoms with Crippen LogP contribution in [0.5, 0.6) is 0 Å². The summed E-state index contributed by atoms with van der Waals surface area (Å²) in [4.78, 5) is 0. The highest BCUT2D eigenvalue weighted by molar-refractivity contribution is 5.16. The first-order chi connectivity index (χ1) is 14.8. The van der Waals surface area contributed by atoms with Gasteiger partial charge in [-0.1, -0.05) is 30.3 Å². The summed E-state index contributed by atoms with van der Waals surface area (Å²) in [5.41, 5.74) is 0.372. The fraction of sp³-hybridized carbons (Fsp3) is 0.684. The van der Waals surface area contributed by atoms with Gasteiger partial charge in [0.25, 0.3) is 0 Å². The van der Waals surface area contributed by atoms with Crippen LogP contribution in [-0.4, -0.2) is 115 Å². The van der Waals surface area contributed by atoms with Crippen LogP contribution in [0.4, 0.5) is 0 Å². The van der Waals surface area contributed by atoms with E-state index in [0.29, 0.717) is 5.56 Å². The van der Waals surface area contributed by atoms with E-state index in [4.69, 9.17) is 18.9 Å². The van der Waals surface area contributed by atoms with Crippen molar-refractivity contribution in [2.24, 2.45) is 0 Å². The maximum atomic E-state index is 10.2. The lowest BCUT2D eigenvalue weighted by Crippen LogP contribution is -2.60. The Hall–Kier alpha value is -1.26. The SMILES string of the molecule is OC[C@H]1O[C@H](OC(O[C@H]2O[C@H](CO)[C@@H](O)[C@H](O)[C@H]2O)c2ccccc2)[C@H](O)[C@@H](O)[C@@H]1O. The Balaban J connectivity index is 1.81. The maximum absolute atomic E-state index is 10.2. The van der Waals surface area contributed by atoms with Gasteiger partial charge < -0.3 is 59.8 Å². The Morgan fingerprint density at radius 3 is 1.45 bits per heavy atom. The molecular formula is C19H28O12. The molecule has 2 heterocycles. The van der Waals surface area contributed by atoms with E-state index in [9.17, 15) is 40.9 Å². The lowest BCUT2D eigenvalue weighted by molar-refractivity contribution is -0.381. The van der Waals surface area contributed by atoms with Gasteiger partial charge in [-0.15, -0.1) is 0 Å². The summed E-state index contributed by atoms with van der Waals surface area (Å²) in [6, 6.07) is 8.17. The van der Waals surface area contributed by atoms with Gasteiger partial charge in [-0.2, -0.15) is 0 Å². The van der Waals surface area contributed by atoms with E-state index in [2.05, 4.69) is 0 Å². The second-order valence-corrected chi connectivity index (χ2v) is 7.41. The molecule has 10 atom stereocenters. The van der Waals surface area contributed by atoms with E-state index in [-0.39, 0.29) is 0 Å². The highest BCUT2D eigenvalue weighted by Gasteiger charge is 2.48. The topological polar surface area (TPSA) is 199 Å². The predicted molar refractivity (Wildman–Crippen MR) is 98.9 cm³/mol. The molecule has 0 saturated carbocycles. The van der Waals surface area contributed by atoms with Crippen molar-refractivity contribution < 1.29 is 59.8 Å². The van der Waals surface area contributed by atoms with Gasteiger partial charge in [-0.25, -0.2) is 0 Å².